The van der Waals surface area contributed by atoms with E-state index in [9.17, 15) is 79.2 Å². The second kappa shape index (κ2) is 29.0. The van der Waals surface area contributed by atoms with Gasteiger partial charge in [-0.15, -0.1) is 5.06 Å². The van der Waals surface area contributed by atoms with Crippen LogP contribution in [0.15, 0.2) is 114 Å². The van der Waals surface area contributed by atoms with Crippen LogP contribution in [0.5, 0.6) is 0 Å². The van der Waals surface area contributed by atoms with Crippen molar-refractivity contribution in [2.75, 3.05) is 90.3 Å². The van der Waals surface area contributed by atoms with Gasteiger partial charge in [0.15, 0.2) is 5.71 Å². The van der Waals surface area contributed by atoms with Gasteiger partial charge in [0, 0.05) is 83.2 Å². The Balaban J connectivity index is 1.19. The standard InChI is InChI=1S/C59H70ClN3O24S5/c1-58(2)50(61(22-6-10-54(66)87-63-52(64)19-20-53(63)65)46-15-13-42-44(55(46)58)34-40(89(70,71)72)36-48(42)91(76,77)78)17-11-38-8-5-9-39(57(38)60)12-18-51-59(3,21-7-33-88(67,68)69)56-45-35-41(90(73,74)75)37-49(92(79,80)81)43(45)14-16-47(56)62(51)23-24-83-27-28-85-31-32-86-30-29-84-26-25-82-4/h11-18,34-37H,5-10,19-33H2,1-4H3,(H4-,67,68,69,70,71,72,73,74,75,76,77,78,79,80,81)/p+1. The predicted octanol–water partition coefficient (Wildman–Crippen LogP) is 6.95. The quantitative estimate of drug-likeness (QED) is 0.0147. The molecule has 1 fully saturated rings. The maximum atomic E-state index is 13.1. The van der Waals surface area contributed by atoms with Gasteiger partial charge >= 0.3 is 5.97 Å². The molecule has 1 saturated heterocycles. The number of carbonyl (C=O) groups excluding carboxylic acids is 3. The number of halogens is 1. The molecule has 0 spiro atoms. The van der Waals surface area contributed by atoms with E-state index in [1.807, 2.05) is 4.90 Å². The summed E-state index contributed by atoms with van der Waals surface area (Å²) in [6.07, 6.45) is 7.56. The van der Waals surface area contributed by atoms with Crippen LogP contribution in [0.3, 0.4) is 0 Å². The number of ether oxygens (including phenoxy) is 5. The summed E-state index contributed by atoms with van der Waals surface area (Å²) in [6, 6.07) is 9.22. The fourth-order valence-electron chi connectivity index (χ4n) is 12.0. The first kappa shape index (κ1) is 71.9. The van der Waals surface area contributed by atoms with Gasteiger partial charge in [-0.2, -0.15) is 46.7 Å². The third kappa shape index (κ3) is 16.6. The molecule has 27 nitrogen and oxygen atoms in total. The van der Waals surface area contributed by atoms with Crippen LogP contribution in [-0.4, -0.2) is 183 Å². The highest BCUT2D eigenvalue weighted by atomic mass is 35.5. The number of fused-ring (bicyclic) bond motifs is 6. The summed E-state index contributed by atoms with van der Waals surface area (Å²) < 4.78 is 208. The first-order valence-corrected chi connectivity index (χ1v) is 36.7. The van der Waals surface area contributed by atoms with E-state index >= 15 is 0 Å². The Morgan fingerprint density at radius 3 is 1.70 bits per heavy atom. The molecule has 1 atom stereocenters. The van der Waals surface area contributed by atoms with Gasteiger partial charge in [0.2, 0.25) is 5.69 Å². The number of anilines is 1. The fraction of sp³-hybridized carbons (Fsp3) is 0.458. The van der Waals surface area contributed by atoms with Crippen LogP contribution in [0.4, 0.5) is 11.4 Å². The Morgan fingerprint density at radius 2 is 1.16 bits per heavy atom. The summed E-state index contributed by atoms with van der Waals surface area (Å²) in [7, 11) is -23.5. The van der Waals surface area contributed by atoms with E-state index < -0.39 is 105 Å². The van der Waals surface area contributed by atoms with Crippen molar-refractivity contribution >= 4 is 119 Å². The van der Waals surface area contributed by atoms with Gasteiger partial charge in [0.1, 0.15) is 16.3 Å². The summed E-state index contributed by atoms with van der Waals surface area (Å²) in [4.78, 5) is 41.2. The number of nitrogens with zero attached hydrogens (tertiary/aromatic N) is 3. The second-order valence-electron chi connectivity index (χ2n) is 22.7. The summed E-state index contributed by atoms with van der Waals surface area (Å²) in [5.74, 6) is -2.95. The molecule has 8 rings (SSSR count). The summed E-state index contributed by atoms with van der Waals surface area (Å²) >= 11 is 7.38. The molecule has 92 heavy (non-hydrogen) atoms. The highest BCUT2D eigenvalue weighted by molar-refractivity contribution is 7.87. The molecule has 4 aromatic carbocycles. The van der Waals surface area contributed by atoms with Crippen LogP contribution in [0.2, 0.25) is 0 Å². The van der Waals surface area contributed by atoms with Crippen LogP contribution in [0.1, 0.15) is 89.7 Å². The molecule has 2 amide bonds. The molecule has 3 heterocycles. The lowest BCUT2D eigenvalue weighted by molar-refractivity contribution is -0.438. The van der Waals surface area contributed by atoms with Gasteiger partial charge < -0.3 is 33.4 Å². The van der Waals surface area contributed by atoms with Gasteiger partial charge in [0.05, 0.1) is 86.8 Å². The van der Waals surface area contributed by atoms with Gasteiger partial charge in [-0.05, 0) is 123 Å². The van der Waals surface area contributed by atoms with Crippen LogP contribution in [-0.2, 0) is 104 Å². The zero-order valence-corrected chi connectivity index (χ0v) is 55.4. The average Bonchev–Trinajstić information content (AvgIpc) is 1.53. The monoisotopic (exact) mass is 1400 g/mol. The van der Waals surface area contributed by atoms with Gasteiger partial charge in [0.25, 0.3) is 62.4 Å². The third-order valence-corrected chi connectivity index (χ3v) is 20.9. The number of hydrogen-bond acceptors (Lipinski definition) is 20. The molecule has 0 aromatic heterocycles. The molecule has 0 saturated carbocycles. The van der Waals surface area contributed by atoms with E-state index in [-0.39, 0.29) is 112 Å². The number of rotatable bonds is 31. The highest BCUT2D eigenvalue weighted by Crippen LogP contribution is 2.55. The summed E-state index contributed by atoms with van der Waals surface area (Å²) in [5, 5.41) is 0.506. The molecule has 0 bridgehead atoms. The van der Waals surface area contributed by atoms with Gasteiger partial charge in [-0.25, -0.2) is 4.79 Å². The fourth-order valence-corrected chi connectivity index (χ4v) is 15.5. The zero-order chi connectivity index (χ0) is 67.4. The van der Waals surface area contributed by atoms with Crippen LogP contribution in [0, 0.1) is 0 Å². The van der Waals surface area contributed by atoms with E-state index in [2.05, 4.69) is 0 Å². The lowest BCUT2D eigenvalue weighted by Gasteiger charge is -2.31. The van der Waals surface area contributed by atoms with E-state index in [1.54, 1.807) is 68.9 Å². The van der Waals surface area contributed by atoms with Crippen LogP contribution < -0.4 is 4.90 Å². The molecule has 3 aliphatic heterocycles. The van der Waals surface area contributed by atoms with Crippen molar-refractivity contribution in [1.82, 2.24) is 5.06 Å². The van der Waals surface area contributed by atoms with Crippen molar-refractivity contribution in [3.63, 3.8) is 0 Å². The molecule has 502 valence electrons. The molecule has 1 aliphatic carbocycles. The minimum absolute atomic E-state index is 0.0298. The maximum Gasteiger partial charge on any atom is 0.333 e. The molecule has 33 heteroatoms. The average molecular weight is 1400 g/mol. The number of allylic oxidation sites excluding steroid dienone is 8. The van der Waals surface area contributed by atoms with E-state index in [0.717, 1.165) is 12.1 Å². The first-order valence-electron chi connectivity index (χ1n) is 28.9. The molecule has 1 unspecified atom stereocenters. The zero-order valence-electron chi connectivity index (χ0n) is 50.5. The van der Waals surface area contributed by atoms with E-state index in [0.29, 0.717) is 107 Å². The molecule has 5 N–H and O–H groups in total. The molecular formula is C59H71ClN3O24S5+. The van der Waals surface area contributed by atoms with Crippen molar-refractivity contribution in [2.24, 2.45) is 0 Å². The smallest absolute Gasteiger partial charge is 0.333 e. The first-order chi connectivity index (χ1) is 43.1. The second-order valence-corrected chi connectivity index (χ2v) is 30.3. The Morgan fingerprint density at radius 1 is 0.630 bits per heavy atom. The molecule has 4 aliphatic rings. The molecule has 4 aromatic rings. The van der Waals surface area contributed by atoms with Crippen molar-refractivity contribution in [3.05, 3.63) is 106 Å². The Bertz CT molecular complexity index is 4340. The normalized spacial score (nSPS) is 19.1. The summed E-state index contributed by atoms with van der Waals surface area (Å²) in [5.41, 5.74) is 1.06. The van der Waals surface area contributed by atoms with Gasteiger partial charge in [-0.3, -0.25) is 32.4 Å². The molecule has 0 radical (unpaired) electrons. The lowest BCUT2D eigenvalue weighted by Crippen LogP contribution is -2.32. The Kier molecular flexibility index (Phi) is 22.6. The molecular weight excluding hydrogens is 1330 g/mol. The van der Waals surface area contributed by atoms with Crippen molar-refractivity contribution < 1.29 is 112 Å². The highest BCUT2D eigenvalue weighted by Gasteiger charge is 2.48. The Hall–Kier alpha value is -5.92. The number of benzene rings is 4. The van der Waals surface area contributed by atoms with Gasteiger partial charge in [-0.1, -0.05) is 29.8 Å². The number of hydrogen-bond donors (Lipinski definition) is 5. The summed E-state index contributed by atoms with van der Waals surface area (Å²) in [6.45, 7) is 7.84. The largest absolute Gasteiger partial charge is 0.382 e. The minimum atomic E-state index is -5.17. The van der Waals surface area contributed by atoms with Crippen LogP contribution in [0.25, 0.3) is 21.5 Å². The number of hydroxylamine groups is 2. The third-order valence-electron chi connectivity index (χ3n) is 16.2. The topological polar surface area (TPSA) is 388 Å². The van der Waals surface area contributed by atoms with Crippen LogP contribution >= 0.6 is 11.6 Å². The lowest BCUT2D eigenvalue weighted by atomic mass is 9.75. The number of imide groups is 1. The SMILES string of the molecule is COCCOCCOCCOCCOCCN1/C(=C/C=C2\CCCC(/C=C/C3=[N+](CCCC(=O)ON4C(=O)CCC4=O)c4ccc5c(S(=O)(=O)O)cc(S(=O)(=O)O)cc5c4C3(C)C)=C2Cl)C(C)(CCCS(=O)(=O)O)c2c1ccc1c(S(=O)(=O)O)cc(S(=O)(=O)O)cc21. The van der Waals surface area contributed by atoms with Crippen molar-refractivity contribution in [3.8, 4) is 0 Å². The van der Waals surface area contributed by atoms with E-state index in [1.165, 1.54) is 12.1 Å². The Labute approximate surface area is 537 Å². The predicted molar refractivity (Wildman–Crippen MR) is 334 cm³/mol. The number of methoxy groups -OCH3 is 1. The number of amides is 2. The minimum Gasteiger partial charge on any atom is -0.382 e. The van der Waals surface area contributed by atoms with Crippen molar-refractivity contribution in [1.29, 1.82) is 0 Å². The number of carbonyl (C=O) groups is 3. The maximum absolute atomic E-state index is 13.1. The van der Waals surface area contributed by atoms with Crippen molar-refractivity contribution in [2.45, 2.75) is 109 Å². The van der Waals surface area contributed by atoms with E-state index in [4.69, 9.17) is 40.1 Å².